The van der Waals surface area contributed by atoms with E-state index in [-0.39, 0.29) is 11.5 Å². The summed E-state index contributed by atoms with van der Waals surface area (Å²) in [5.41, 5.74) is 3.01. The minimum absolute atomic E-state index is 0.198. The van der Waals surface area contributed by atoms with Gasteiger partial charge in [0.05, 0.1) is 18.0 Å². The van der Waals surface area contributed by atoms with E-state index < -0.39 is 0 Å². The molecule has 4 heterocycles. The van der Waals surface area contributed by atoms with Crippen LogP contribution < -0.4 is 0 Å². The zero-order chi connectivity index (χ0) is 20.6. The summed E-state index contributed by atoms with van der Waals surface area (Å²) in [5, 5.41) is 4.93. The zero-order valence-electron chi connectivity index (χ0n) is 17.3. The summed E-state index contributed by atoms with van der Waals surface area (Å²) in [6.07, 6.45) is 8.81. The molecule has 3 aromatic rings. The number of nitrogens with zero attached hydrogens (tertiary/aromatic N) is 5. The number of carbonyl (C=O) groups is 1. The van der Waals surface area contributed by atoms with E-state index in [1.165, 1.54) is 5.56 Å². The van der Waals surface area contributed by atoms with Crippen LogP contribution in [-0.2, 0) is 28.1 Å². The van der Waals surface area contributed by atoms with Crippen molar-refractivity contribution in [2.75, 3.05) is 19.7 Å². The lowest BCUT2D eigenvalue weighted by molar-refractivity contribution is -0.141. The van der Waals surface area contributed by atoms with Crippen molar-refractivity contribution >= 4 is 5.91 Å². The Kier molecular flexibility index (Phi) is 4.90. The first-order valence-corrected chi connectivity index (χ1v) is 10.7. The summed E-state index contributed by atoms with van der Waals surface area (Å²) in [6.45, 7) is 4.76. The maximum absolute atomic E-state index is 12.7. The van der Waals surface area contributed by atoms with Crippen LogP contribution in [0.15, 0.2) is 48.9 Å². The van der Waals surface area contributed by atoms with Gasteiger partial charge in [-0.15, -0.1) is 0 Å². The van der Waals surface area contributed by atoms with E-state index in [0.29, 0.717) is 32.7 Å². The van der Waals surface area contributed by atoms with Gasteiger partial charge in [0.25, 0.3) is 0 Å². The molecule has 0 unspecified atom stereocenters. The van der Waals surface area contributed by atoms with Crippen LogP contribution in [0.1, 0.15) is 36.3 Å². The summed E-state index contributed by atoms with van der Waals surface area (Å²) in [6, 6.07) is 10.2. The Morgan fingerprint density at radius 2 is 2.00 bits per heavy atom. The van der Waals surface area contributed by atoms with Crippen molar-refractivity contribution in [2.24, 2.45) is 0 Å². The van der Waals surface area contributed by atoms with Gasteiger partial charge in [0, 0.05) is 44.6 Å². The van der Waals surface area contributed by atoms with Crippen LogP contribution in [0.3, 0.4) is 0 Å². The first kappa shape index (κ1) is 19.1. The molecule has 0 bridgehead atoms. The number of ether oxygens (including phenoxy) is 1. The molecule has 5 rings (SSSR count). The Morgan fingerprint density at radius 1 is 1.20 bits per heavy atom. The predicted molar refractivity (Wildman–Crippen MR) is 112 cm³/mol. The average Bonchev–Trinajstić information content (AvgIpc) is 3.40. The van der Waals surface area contributed by atoms with Crippen LogP contribution in [0.25, 0.3) is 5.69 Å². The molecule has 0 saturated carbocycles. The van der Waals surface area contributed by atoms with Gasteiger partial charge >= 0.3 is 0 Å². The molecule has 0 atom stereocenters. The lowest BCUT2D eigenvalue weighted by atomic mass is 9.83. The molecule has 0 aliphatic carbocycles. The first-order valence-electron chi connectivity index (χ1n) is 10.7. The summed E-state index contributed by atoms with van der Waals surface area (Å²) < 4.78 is 10.3. The number of para-hydroxylation sites is 1. The molecule has 156 valence electrons. The van der Waals surface area contributed by atoms with E-state index in [9.17, 15) is 4.79 Å². The third-order valence-electron chi connectivity index (χ3n) is 6.41. The SMILES string of the molecule is Cc1nccn1CCC(=O)N1CCC2(CC1)OCCc1cn(-c3ccccc3)nc12. The lowest BCUT2D eigenvalue weighted by Gasteiger charge is -2.43. The van der Waals surface area contributed by atoms with E-state index in [0.717, 1.165) is 36.5 Å². The number of rotatable bonds is 4. The number of hydrogen-bond acceptors (Lipinski definition) is 4. The highest BCUT2D eigenvalue weighted by atomic mass is 16.5. The Bertz CT molecular complexity index is 1030. The normalized spacial score (nSPS) is 17.8. The van der Waals surface area contributed by atoms with E-state index >= 15 is 0 Å². The highest BCUT2D eigenvalue weighted by Crippen LogP contribution is 2.41. The standard InChI is InChI=1S/C23H27N5O2/c1-18-24-11-15-26(18)12-7-21(29)27-13-9-23(10-14-27)22-19(8-16-30-23)17-28(25-22)20-5-3-2-4-6-20/h2-6,11,15,17H,7-10,12-14,16H2,1H3. The monoisotopic (exact) mass is 405 g/mol. The fourth-order valence-electron chi connectivity index (χ4n) is 4.63. The van der Waals surface area contributed by atoms with Gasteiger partial charge in [-0.25, -0.2) is 9.67 Å². The molecule has 2 aromatic heterocycles. The van der Waals surface area contributed by atoms with Crippen LogP contribution in [0, 0.1) is 6.92 Å². The fourth-order valence-corrected chi connectivity index (χ4v) is 4.63. The molecule has 2 aliphatic rings. The van der Waals surface area contributed by atoms with Gasteiger partial charge in [-0.2, -0.15) is 5.10 Å². The number of likely N-dealkylation sites (tertiary alicyclic amines) is 1. The molecule has 1 fully saturated rings. The number of aromatic nitrogens is 4. The number of benzene rings is 1. The van der Waals surface area contributed by atoms with Gasteiger partial charge in [-0.3, -0.25) is 4.79 Å². The van der Waals surface area contributed by atoms with Gasteiger partial charge in [-0.1, -0.05) is 18.2 Å². The highest BCUT2D eigenvalue weighted by molar-refractivity contribution is 5.76. The minimum atomic E-state index is -0.370. The van der Waals surface area contributed by atoms with Crippen molar-refractivity contribution in [3.8, 4) is 5.69 Å². The maximum Gasteiger partial charge on any atom is 0.224 e. The number of aryl methyl sites for hydroxylation is 2. The van der Waals surface area contributed by atoms with Crippen molar-refractivity contribution in [1.82, 2.24) is 24.2 Å². The Morgan fingerprint density at radius 3 is 2.73 bits per heavy atom. The molecule has 0 radical (unpaired) electrons. The zero-order valence-corrected chi connectivity index (χ0v) is 17.3. The molecule has 1 amide bonds. The summed E-state index contributed by atoms with van der Waals surface area (Å²) in [5.74, 6) is 1.14. The largest absolute Gasteiger partial charge is 0.368 e. The van der Waals surface area contributed by atoms with Crippen molar-refractivity contribution < 1.29 is 9.53 Å². The van der Waals surface area contributed by atoms with Crippen LogP contribution in [-0.4, -0.2) is 49.8 Å². The molecule has 1 saturated heterocycles. The van der Waals surface area contributed by atoms with Crippen LogP contribution in [0.2, 0.25) is 0 Å². The third kappa shape index (κ3) is 3.43. The van der Waals surface area contributed by atoms with E-state index in [4.69, 9.17) is 9.84 Å². The number of amides is 1. The molecular weight excluding hydrogens is 378 g/mol. The molecule has 7 heteroatoms. The first-order chi connectivity index (χ1) is 14.6. The second-order valence-electron chi connectivity index (χ2n) is 8.17. The minimum Gasteiger partial charge on any atom is -0.368 e. The van der Waals surface area contributed by atoms with Gasteiger partial charge < -0.3 is 14.2 Å². The third-order valence-corrected chi connectivity index (χ3v) is 6.41. The second-order valence-corrected chi connectivity index (χ2v) is 8.17. The smallest absolute Gasteiger partial charge is 0.224 e. The quantitative estimate of drug-likeness (QED) is 0.670. The van der Waals surface area contributed by atoms with Crippen molar-refractivity contribution in [3.63, 3.8) is 0 Å². The summed E-state index contributed by atoms with van der Waals surface area (Å²) >= 11 is 0. The van der Waals surface area contributed by atoms with Crippen molar-refractivity contribution in [1.29, 1.82) is 0 Å². The molecule has 30 heavy (non-hydrogen) atoms. The lowest BCUT2D eigenvalue weighted by Crippen LogP contribution is -2.48. The van der Waals surface area contributed by atoms with Gasteiger partial charge in [-0.05, 0) is 43.9 Å². The Labute approximate surface area is 176 Å². The Hall–Kier alpha value is -2.93. The van der Waals surface area contributed by atoms with Crippen LogP contribution >= 0.6 is 0 Å². The van der Waals surface area contributed by atoms with Crippen LogP contribution in [0.4, 0.5) is 0 Å². The Balaban J connectivity index is 1.27. The fraction of sp³-hybridized carbons (Fsp3) is 0.435. The second kappa shape index (κ2) is 7.72. The highest BCUT2D eigenvalue weighted by Gasteiger charge is 2.44. The number of fused-ring (bicyclic) bond motifs is 2. The molecule has 1 spiro atoms. The number of hydrogen-bond donors (Lipinski definition) is 0. The predicted octanol–water partition coefficient (Wildman–Crippen LogP) is 2.86. The summed E-state index contributed by atoms with van der Waals surface area (Å²) in [4.78, 5) is 18.9. The van der Waals surface area contributed by atoms with Crippen LogP contribution in [0.5, 0.6) is 0 Å². The van der Waals surface area contributed by atoms with E-state index in [1.54, 1.807) is 6.20 Å². The van der Waals surface area contributed by atoms with Gasteiger partial charge in [0.1, 0.15) is 11.4 Å². The molecule has 7 nitrogen and oxygen atoms in total. The molecule has 2 aliphatic heterocycles. The topological polar surface area (TPSA) is 65.2 Å². The number of carbonyl (C=O) groups excluding carboxylic acids is 1. The molecular formula is C23H27N5O2. The van der Waals surface area contributed by atoms with E-state index in [2.05, 4.69) is 23.3 Å². The maximum atomic E-state index is 12.7. The van der Waals surface area contributed by atoms with E-state index in [1.807, 2.05) is 45.5 Å². The van der Waals surface area contributed by atoms with Crippen molar-refractivity contribution in [2.45, 2.75) is 44.8 Å². The molecule has 1 aromatic carbocycles. The van der Waals surface area contributed by atoms with Gasteiger partial charge in [0.15, 0.2) is 0 Å². The van der Waals surface area contributed by atoms with Crippen molar-refractivity contribution in [3.05, 3.63) is 66.0 Å². The average molecular weight is 406 g/mol. The number of piperidine rings is 1. The van der Waals surface area contributed by atoms with Gasteiger partial charge in [0.2, 0.25) is 5.91 Å². The summed E-state index contributed by atoms with van der Waals surface area (Å²) in [7, 11) is 0. The molecule has 0 N–H and O–H groups in total. The number of imidazole rings is 1.